The van der Waals surface area contributed by atoms with Crippen molar-refractivity contribution in [2.24, 2.45) is 11.7 Å². The summed E-state index contributed by atoms with van der Waals surface area (Å²) in [4.78, 5) is 12.1. The Bertz CT molecular complexity index is 265. The Morgan fingerprint density at radius 1 is 0.708 bits per heavy atom. The molecular weight excluding hydrogens is 294 g/mol. The minimum Gasteiger partial charge on any atom is -0.330 e. The van der Waals surface area contributed by atoms with Gasteiger partial charge in [-0.15, -0.1) is 0 Å². The SMILES string of the molecule is CCCCCCCCCCCCCCCC(=O)C(CC)CCCN. The van der Waals surface area contributed by atoms with E-state index in [0.717, 1.165) is 32.1 Å². The van der Waals surface area contributed by atoms with E-state index in [4.69, 9.17) is 5.73 Å². The quantitative estimate of drug-likeness (QED) is 0.263. The Kier molecular flexibility index (Phi) is 18.7. The topological polar surface area (TPSA) is 43.1 Å². The number of carbonyl (C=O) groups excluding carboxylic acids is 1. The molecule has 0 spiro atoms. The van der Waals surface area contributed by atoms with Crippen LogP contribution in [-0.4, -0.2) is 12.3 Å². The smallest absolute Gasteiger partial charge is 0.135 e. The first-order valence-electron chi connectivity index (χ1n) is 11.0. The third-order valence-corrected chi connectivity index (χ3v) is 5.23. The highest BCUT2D eigenvalue weighted by atomic mass is 16.1. The van der Waals surface area contributed by atoms with E-state index in [1.165, 1.54) is 77.0 Å². The molecule has 2 N–H and O–H groups in total. The van der Waals surface area contributed by atoms with E-state index >= 15 is 0 Å². The number of nitrogens with two attached hydrogens (primary N) is 1. The predicted molar refractivity (Wildman–Crippen MR) is 107 cm³/mol. The molecule has 1 atom stereocenters. The number of ketones is 1. The molecule has 144 valence electrons. The van der Waals surface area contributed by atoms with E-state index < -0.39 is 0 Å². The largest absolute Gasteiger partial charge is 0.330 e. The monoisotopic (exact) mass is 339 g/mol. The van der Waals surface area contributed by atoms with Gasteiger partial charge in [-0.25, -0.2) is 0 Å². The number of carbonyl (C=O) groups is 1. The van der Waals surface area contributed by atoms with Crippen LogP contribution in [0.15, 0.2) is 0 Å². The van der Waals surface area contributed by atoms with E-state index in [9.17, 15) is 4.79 Å². The molecule has 0 fully saturated rings. The molecule has 0 radical (unpaired) electrons. The van der Waals surface area contributed by atoms with E-state index in [1.54, 1.807) is 0 Å². The minimum atomic E-state index is 0.269. The molecule has 0 aliphatic carbocycles. The number of hydrogen-bond acceptors (Lipinski definition) is 2. The van der Waals surface area contributed by atoms with Gasteiger partial charge in [-0.3, -0.25) is 4.79 Å². The first kappa shape index (κ1) is 23.6. The van der Waals surface area contributed by atoms with Gasteiger partial charge in [0.15, 0.2) is 0 Å². The fourth-order valence-corrected chi connectivity index (χ4v) is 3.48. The van der Waals surface area contributed by atoms with E-state index in [2.05, 4.69) is 13.8 Å². The third-order valence-electron chi connectivity index (χ3n) is 5.23. The van der Waals surface area contributed by atoms with Crippen LogP contribution in [0.5, 0.6) is 0 Å². The lowest BCUT2D eigenvalue weighted by Gasteiger charge is -2.12. The van der Waals surface area contributed by atoms with Crippen molar-refractivity contribution in [3.8, 4) is 0 Å². The molecule has 0 rings (SSSR count). The van der Waals surface area contributed by atoms with Gasteiger partial charge in [0.2, 0.25) is 0 Å². The molecule has 2 heteroatoms. The van der Waals surface area contributed by atoms with E-state index in [1.807, 2.05) is 0 Å². The Labute approximate surface area is 152 Å². The average Bonchev–Trinajstić information content (AvgIpc) is 2.59. The zero-order valence-corrected chi connectivity index (χ0v) is 16.8. The standard InChI is InChI=1S/C22H45NO/c1-3-5-6-7-8-9-10-11-12-13-14-15-16-19-22(24)21(4-2)18-17-20-23/h21H,3-20,23H2,1-2H3. The van der Waals surface area contributed by atoms with Gasteiger partial charge in [-0.05, 0) is 32.2 Å². The lowest BCUT2D eigenvalue weighted by molar-refractivity contribution is -0.123. The molecule has 1 unspecified atom stereocenters. The molecule has 2 nitrogen and oxygen atoms in total. The highest BCUT2D eigenvalue weighted by Crippen LogP contribution is 2.17. The van der Waals surface area contributed by atoms with E-state index in [0.29, 0.717) is 12.3 Å². The summed E-state index contributed by atoms with van der Waals surface area (Å²) in [6.45, 7) is 5.12. The Morgan fingerprint density at radius 3 is 1.58 bits per heavy atom. The van der Waals surface area contributed by atoms with Gasteiger partial charge in [0.05, 0.1) is 0 Å². The van der Waals surface area contributed by atoms with Crippen LogP contribution < -0.4 is 5.73 Å². The van der Waals surface area contributed by atoms with Crippen LogP contribution in [0.2, 0.25) is 0 Å². The van der Waals surface area contributed by atoms with Crippen molar-refractivity contribution in [2.45, 2.75) is 123 Å². The van der Waals surface area contributed by atoms with Crippen molar-refractivity contribution < 1.29 is 4.79 Å². The Morgan fingerprint density at radius 2 is 1.17 bits per heavy atom. The zero-order valence-electron chi connectivity index (χ0n) is 16.8. The van der Waals surface area contributed by atoms with E-state index in [-0.39, 0.29) is 5.92 Å². The van der Waals surface area contributed by atoms with Gasteiger partial charge in [-0.1, -0.05) is 90.9 Å². The number of unbranched alkanes of at least 4 members (excludes halogenated alkanes) is 12. The zero-order chi connectivity index (χ0) is 17.9. The molecule has 0 amide bonds. The fourth-order valence-electron chi connectivity index (χ4n) is 3.48. The number of rotatable bonds is 19. The van der Waals surface area contributed by atoms with Crippen molar-refractivity contribution in [2.75, 3.05) is 6.54 Å². The van der Waals surface area contributed by atoms with Gasteiger partial charge in [0.25, 0.3) is 0 Å². The fraction of sp³-hybridized carbons (Fsp3) is 0.955. The Hall–Kier alpha value is -0.370. The molecule has 0 saturated carbocycles. The molecule has 24 heavy (non-hydrogen) atoms. The molecule has 0 bridgehead atoms. The maximum atomic E-state index is 12.1. The van der Waals surface area contributed by atoms with Crippen molar-refractivity contribution >= 4 is 5.78 Å². The highest BCUT2D eigenvalue weighted by molar-refractivity contribution is 5.80. The summed E-state index contributed by atoms with van der Waals surface area (Å²) < 4.78 is 0. The van der Waals surface area contributed by atoms with Crippen molar-refractivity contribution in [3.63, 3.8) is 0 Å². The van der Waals surface area contributed by atoms with Crippen LogP contribution in [0, 0.1) is 5.92 Å². The molecule has 0 aromatic heterocycles. The molecule has 0 saturated heterocycles. The molecule has 0 heterocycles. The predicted octanol–water partition coefficient (Wildman–Crippen LogP) is 6.80. The molecule has 0 aliphatic rings. The van der Waals surface area contributed by atoms with Gasteiger partial charge in [0, 0.05) is 12.3 Å². The van der Waals surface area contributed by atoms with Crippen LogP contribution in [0.1, 0.15) is 123 Å². The summed E-state index contributed by atoms with van der Waals surface area (Å²) in [5.41, 5.74) is 5.55. The van der Waals surface area contributed by atoms with Crippen LogP contribution >= 0.6 is 0 Å². The lowest BCUT2D eigenvalue weighted by atomic mass is 9.92. The molecule has 0 aliphatic heterocycles. The summed E-state index contributed by atoms with van der Waals surface area (Å²) in [6, 6.07) is 0. The third kappa shape index (κ3) is 15.2. The first-order valence-corrected chi connectivity index (χ1v) is 11.0. The average molecular weight is 340 g/mol. The normalized spacial score (nSPS) is 12.5. The molecule has 0 aromatic rings. The van der Waals surface area contributed by atoms with Crippen LogP contribution in [0.4, 0.5) is 0 Å². The highest BCUT2D eigenvalue weighted by Gasteiger charge is 2.14. The number of Topliss-reactive ketones (excluding diaryl/α,β-unsaturated/α-hetero) is 1. The first-order chi connectivity index (χ1) is 11.8. The summed E-state index contributed by atoms with van der Waals surface area (Å²) in [6.07, 6.45) is 21.4. The summed E-state index contributed by atoms with van der Waals surface area (Å²) in [7, 11) is 0. The maximum absolute atomic E-state index is 12.1. The maximum Gasteiger partial charge on any atom is 0.135 e. The van der Waals surface area contributed by atoms with Crippen molar-refractivity contribution in [1.82, 2.24) is 0 Å². The van der Waals surface area contributed by atoms with Gasteiger partial charge >= 0.3 is 0 Å². The van der Waals surface area contributed by atoms with Gasteiger partial charge in [-0.2, -0.15) is 0 Å². The van der Waals surface area contributed by atoms with Crippen LogP contribution in [0.25, 0.3) is 0 Å². The molecular formula is C22H45NO. The second-order valence-electron chi connectivity index (χ2n) is 7.50. The van der Waals surface area contributed by atoms with Gasteiger partial charge in [0.1, 0.15) is 5.78 Å². The second kappa shape index (κ2) is 19.0. The van der Waals surface area contributed by atoms with Crippen molar-refractivity contribution in [3.05, 3.63) is 0 Å². The minimum absolute atomic E-state index is 0.269. The van der Waals surface area contributed by atoms with Crippen molar-refractivity contribution in [1.29, 1.82) is 0 Å². The second-order valence-corrected chi connectivity index (χ2v) is 7.50. The Balaban J connectivity index is 3.31. The van der Waals surface area contributed by atoms with Crippen LogP contribution in [-0.2, 0) is 4.79 Å². The summed E-state index contributed by atoms with van der Waals surface area (Å²) in [5, 5.41) is 0. The summed E-state index contributed by atoms with van der Waals surface area (Å²) in [5.74, 6) is 0.750. The van der Waals surface area contributed by atoms with Crippen LogP contribution in [0.3, 0.4) is 0 Å². The number of hydrogen-bond donors (Lipinski definition) is 1. The summed E-state index contributed by atoms with van der Waals surface area (Å²) >= 11 is 0. The lowest BCUT2D eigenvalue weighted by Crippen LogP contribution is -2.15. The molecule has 0 aromatic carbocycles. The van der Waals surface area contributed by atoms with Gasteiger partial charge < -0.3 is 5.73 Å².